The third-order valence-electron chi connectivity index (χ3n) is 2.71. The lowest BCUT2D eigenvalue weighted by Crippen LogP contribution is -1.84. The molecule has 0 atom stereocenters. The minimum Gasteiger partial charge on any atom is -0.507 e. The van der Waals surface area contributed by atoms with Crippen molar-refractivity contribution in [2.24, 2.45) is 0 Å². The molecule has 14 heavy (non-hydrogen) atoms. The van der Waals surface area contributed by atoms with Crippen molar-refractivity contribution in [2.75, 3.05) is 0 Å². The Morgan fingerprint density at radius 3 is 2.43 bits per heavy atom. The van der Waals surface area contributed by atoms with Crippen LogP contribution < -0.4 is 0 Å². The standard InChI is InChI=1S/C13H14O/c1-8-4-5-12-10(3)13(14)9(2)7-11(12)6-8/h4-7,14H,1-3H3. The second kappa shape index (κ2) is 3.02. The number of fused-ring (bicyclic) bond motifs is 1. The van der Waals surface area contributed by atoms with E-state index < -0.39 is 0 Å². The molecule has 0 saturated carbocycles. The maximum atomic E-state index is 9.77. The van der Waals surface area contributed by atoms with E-state index in [4.69, 9.17) is 0 Å². The monoisotopic (exact) mass is 186 g/mol. The zero-order valence-corrected chi connectivity index (χ0v) is 8.76. The Morgan fingerprint density at radius 2 is 1.71 bits per heavy atom. The molecule has 0 aliphatic heterocycles. The maximum Gasteiger partial charge on any atom is 0.122 e. The van der Waals surface area contributed by atoms with Gasteiger partial charge in [-0.2, -0.15) is 0 Å². The second-order valence-corrected chi connectivity index (χ2v) is 3.89. The van der Waals surface area contributed by atoms with Gasteiger partial charge in [0.05, 0.1) is 0 Å². The number of benzene rings is 2. The van der Waals surface area contributed by atoms with Crippen molar-refractivity contribution in [2.45, 2.75) is 20.8 Å². The highest BCUT2D eigenvalue weighted by molar-refractivity contribution is 5.89. The summed E-state index contributed by atoms with van der Waals surface area (Å²) in [6, 6.07) is 8.32. The van der Waals surface area contributed by atoms with Crippen LogP contribution in [0.2, 0.25) is 0 Å². The fourth-order valence-electron chi connectivity index (χ4n) is 1.87. The molecule has 0 radical (unpaired) electrons. The molecule has 0 bridgehead atoms. The molecule has 2 aromatic carbocycles. The summed E-state index contributed by atoms with van der Waals surface area (Å²) in [5.41, 5.74) is 3.17. The van der Waals surface area contributed by atoms with E-state index in [1.807, 2.05) is 19.9 Å². The van der Waals surface area contributed by atoms with Gasteiger partial charge in [0.1, 0.15) is 5.75 Å². The van der Waals surface area contributed by atoms with Crippen molar-refractivity contribution >= 4 is 10.8 Å². The van der Waals surface area contributed by atoms with E-state index in [0.717, 1.165) is 16.5 Å². The molecule has 0 heterocycles. The van der Waals surface area contributed by atoms with E-state index >= 15 is 0 Å². The first-order valence-electron chi connectivity index (χ1n) is 4.79. The van der Waals surface area contributed by atoms with E-state index in [9.17, 15) is 5.11 Å². The molecule has 0 spiro atoms. The van der Waals surface area contributed by atoms with Crippen molar-refractivity contribution in [3.05, 3.63) is 41.0 Å². The first-order chi connectivity index (χ1) is 6.59. The molecule has 0 amide bonds. The molecular weight excluding hydrogens is 172 g/mol. The first kappa shape index (κ1) is 9.07. The molecular formula is C13H14O. The smallest absolute Gasteiger partial charge is 0.122 e. The zero-order chi connectivity index (χ0) is 10.3. The van der Waals surface area contributed by atoms with Crippen LogP contribution in [0, 0.1) is 20.8 Å². The van der Waals surface area contributed by atoms with Crippen molar-refractivity contribution in [3.8, 4) is 5.75 Å². The predicted octanol–water partition coefficient (Wildman–Crippen LogP) is 3.47. The van der Waals surface area contributed by atoms with Crippen LogP contribution in [-0.4, -0.2) is 5.11 Å². The largest absolute Gasteiger partial charge is 0.507 e. The predicted molar refractivity (Wildman–Crippen MR) is 59.8 cm³/mol. The number of hydrogen-bond donors (Lipinski definition) is 1. The highest BCUT2D eigenvalue weighted by Gasteiger charge is 2.05. The molecule has 0 saturated heterocycles. The number of phenolic OH excluding ortho intramolecular Hbond substituents is 1. The number of aromatic hydroxyl groups is 1. The van der Waals surface area contributed by atoms with Crippen LogP contribution in [0.25, 0.3) is 10.8 Å². The molecule has 1 nitrogen and oxygen atoms in total. The van der Waals surface area contributed by atoms with Crippen LogP contribution in [0.1, 0.15) is 16.7 Å². The summed E-state index contributed by atoms with van der Waals surface area (Å²) in [4.78, 5) is 0. The van der Waals surface area contributed by atoms with Crippen molar-refractivity contribution in [1.29, 1.82) is 0 Å². The average Bonchev–Trinajstić information content (AvgIpc) is 2.14. The minimum atomic E-state index is 0.418. The highest BCUT2D eigenvalue weighted by Crippen LogP contribution is 2.30. The van der Waals surface area contributed by atoms with Crippen LogP contribution in [-0.2, 0) is 0 Å². The fraction of sp³-hybridized carbons (Fsp3) is 0.231. The van der Waals surface area contributed by atoms with Gasteiger partial charge in [-0.3, -0.25) is 0 Å². The van der Waals surface area contributed by atoms with E-state index in [2.05, 4.69) is 25.1 Å². The Kier molecular flexibility index (Phi) is 1.95. The molecule has 2 aromatic rings. The topological polar surface area (TPSA) is 20.2 Å². The quantitative estimate of drug-likeness (QED) is 0.668. The van der Waals surface area contributed by atoms with Gasteiger partial charge in [-0.15, -0.1) is 0 Å². The summed E-state index contributed by atoms with van der Waals surface area (Å²) < 4.78 is 0. The normalized spacial score (nSPS) is 10.8. The summed E-state index contributed by atoms with van der Waals surface area (Å²) >= 11 is 0. The lowest BCUT2D eigenvalue weighted by Gasteiger charge is -2.08. The fourth-order valence-corrected chi connectivity index (χ4v) is 1.87. The average molecular weight is 186 g/mol. The molecule has 0 aliphatic rings. The molecule has 1 N–H and O–H groups in total. The van der Waals surface area contributed by atoms with Gasteiger partial charge in [0.2, 0.25) is 0 Å². The van der Waals surface area contributed by atoms with E-state index in [-0.39, 0.29) is 0 Å². The molecule has 72 valence electrons. The van der Waals surface area contributed by atoms with Crippen LogP contribution in [0.15, 0.2) is 24.3 Å². The summed E-state index contributed by atoms with van der Waals surface area (Å²) in [5, 5.41) is 12.1. The van der Waals surface area contributed by atoms with Crippen molar-refractivity contribution in [1.82, 2.24) is 0 Å². The lowest BCUT2D eigenvalue weighted by molar-refractivity contribution is 0.468. The Balaban J connectivity index is 2.91. The Hall–Kier alpha value is -1.50. The summed E-state index contributed by atoms with van der Waals surface area (Å²) in [6.07, 6.45) is 0. The Morgan fingerprint density at radius 1 is 1.00 bits per heavy atom. The van der Waals surface area contributed by atoms with Crippen molar-refractivity contribution in [3.63, 3.8) is 0 Å². The first-order valence-corrected chi connectivity index (χ1v) is 4.79. The molecule has 1 heteroatoms. The third-order valence-corrected chi connectivity index (χ3v) is 2.71. The molecule has 0 aliphatic carbocycles. The number of phenols is 1. The SMILES string of the molecule is Cc1ccc2c(C)c(O)c(C)cc2c1. The third kappa shape index (κ3) is 1.25. The van der Waals surface area contributed by atoms with Crippen LogP contribution >= 0.6 is 0 Å². The molecule has 0 fully saturated rings. The van der Waals surface area contributed by atoms with Gasteiger partial charge in [-0.05, 0) is 48.7 Å². The van der Waals surface area contributed by atoms with Gasteiger partial charge >= 0.3 is 0 Å². The van der Waals surface area contributed by atoms with E-state index in [1.165, 1.54) is 10.9 Å². The summed E-state index contributed by atoms with van der Waals surface area (Å²) in [7, 11) is 0. The zero-order valence-electron chi connectivity index (χ0n) is 8.76. The van der Waals surface area contributed by atoms with Gasteiger partial charge in [0.15, 0.2) is 0 Å². The van der Waals surface area contributed by atoms with Crippen LogP contribution in [0.4, 0.5) is 0 Å². The maximum absolute atomic E-state index is 9.77. The van der Waals surface area contributed by atoms with Gasteiger partial charge in [-0.1, -0.05) is 23.8 Å². The van der Waals surface area contributed by atoms with E-state index in [1.54, 1.807) is 0 Å². The molecule has 0 unspecified atom stereocenters. The Bertz CT molecular complexity index is 498. The number of hydrogen-bond acceptors (Lipinski definition) is 1. The Labute approximate surface area is 84.0 Å². The van der Waals surface area contributed by atoms with Crippen LogP contribution in [0.3, 0.4) is 0 Å². The summed E-state index contributed by atoms with van der Waals surface area (Å²) in [5.74, 6) is 0.418. The molecule has 0 aromatic heterocycles. The summed E-state index contributed by atoms with van der Waals surface area (Å²) in [6.45, 7) is 5.97. The van der Waals surface area contributed by atoms with Crippen molar-refractivity contribution < 1.29 is 5.11 Å². The highest BCUT2D eigenvalue weighted by atomic mass is 16.3. The number of aryl methyl sites for hydroxylation is 3. The minimum absolute atomic E-state index is 0.418. The van der Waals surface area contributed by atoms with E-state index in [0.29, 0.717) is 5.75 Å². The lowest BCUT2D eigenvalue weighted by atomic mass is 9.99. The second-order valence-electron chi connectivity index (χ2n) is 3.89. The number of rotatable bonds is 0. The van der Waals surface area contributed by atoms with Gasteiger partial charge in [-0.25, -0.2) is 0 Å². The molecule has 2 rings (SSSR count). The van der Waals surface area contributed by atoms with Crippen LogP contribution in [0.5, 0.6) is 5.75 Å². The van der Waals surface area contributed by atoms with Gasteiger partial charge < -0.3 is 5.11 Å². The van der Waals surface area contributed by atoms with Gasteiger partial charge in [0, 0.05) is 0 Å². The van der Waals surface area contributed by atoms with Gasteiger partial charge in [0.25, 0.3) is 0 Å².